The van der Waals surface area contributed by atoms with E-state index in [4.69, 9.17) is 22.0 Å². The Bertz CT molecular complexity index is 788. The number of thioether (sulfide) groups is 1. The fourth-order valence-electron chi connectivity index (χ4n) is 2.06. The number of thiocyanates is 1. The minimum Gasteiger partial charge on any atom is -0.274 e. The zero-order chi connectivity index (χ0) is 16.5. The first kappa shape index (κ1) is 16.8. The predicted octanol–water partition coefficient (Wildman–Crippen LogP) is 1.08. The monoisotopic (exact) mass is 359 g/mol. The van der Waals surface area contributed by atoms with Crippen LogP contribution in [0.15, 0.2) is 23.1 Å². The molecular formula is C12H10ClN3O4S2. The largest absolute Gasteiger partial charge is 0.274 e. The summed E-state index contributed by atoms with van der Waals surface area (Å²) in [5.74, 6) is -1.28. The van der Waals surface area contributed by atoms with E-state index in [-0.39, 0.29) is 27.8 Å². The maximum Gasteiger partial charge on any atom is 0.238 e. The van der Waals surface area contributed by atoms with Crippen LogP contribution in [0, 0.1) is 16.6 Å². The Hall–Kier alpha value is -1.60. The molecule has 1 aliphatic rings. The number of carbonyl (C=O) groups is 2. The van der Waals surface area contributed by atoms with Crippen molar-refractivity contribution in [3.63, 3.8) is 0 Å². The molecule has 0 radical (unpaired) electrons. The molecule has 10 heteroatoms. The molecular weight excluding hydrogens is 350 g/mol. The fourth-order valence-corrected chi connectivity index (χ4v) is 3.47. The van der Waals surface area contributed by atoms with E-state index in [2.05, 4.69) is 0 Å². The third-order valence-electron chi connectivity index (χ3n) is 3.08. The van der Waals surface area contributed by atoms with Crippen molar-refractivity contribution in [2.24, 2.45) is 11.1 Å². The quantitative estimate of drug-likeness (QED) is 0.634. The molecule has 0 spiro atoms. The van der Waals surface area contributed by atoms with Gasteiger partial charge in [-0.3, -0.25) is 9.59 Å². The fraction of sp³-hybridized carbons (Fsp3) is 0.250. The van der Waals surface area contributed by atoms with Gasteiger partial charge in [0.2, 0.25) is 21.8 Å². The molecule has 2 amide bonds. The Morgan fingerprint density at radius 2 is 2.14 bits per heavy atom. The number of primary sulfonamides is 1. The highest BCUT2D eigenvalue weighted by Crippen LogP contribution is 2.34. The minimum atomic E-state index is -3.93. The van der Waals surface area contributed by atoms with Gasteiger partial charge in [0.25, 0.3) is 0 Å². The molecule has 1 aliphatic heterocycles. The lowest BCUT2D eigenvalue weighted by Crippen LogP contribution is -2.31. The Balaban J connectivity index is 2.34. The Kier molecular flexibility index (Phi) is 4.77. The van der Waals surface area contributed by atoms with Crippen LogP contribution in [0.2, 0.25) is 5.02 Å². The highest BCUT2D eigenvalue weighted by molar-refractivity contribution is 8.03. The smallest absolute Gasteiger partial charge is 0.238 e. The van der Waals surface area contributed by atoms with Crippen LogP contribution in [0.4, 0.5) is 5.69 Å². The SMILES string of the molecule is N#CSCC1CC(=O)N(c2ccc(S(N)(=O)=O)cc2Cl)C1=O. The number of hydrogen-bond acceptors (Lipinski definition) is 6. The summed E-state index contributed by atoms with van der Waals surface area (Å²) in [6, 6.07) is 3.52. The summed E-state index contributed by atoms with van der Waals surface area (Å²) in [5, 5.41) is 15.3. The summed E-state index contributed by atoms with van der Waals surface area (Å²) >= 11 is 6.87. The van der Waals surface area contributed by atoms with E-state index in [1.54, 1.807) is 0 Å². The number of sulfonamides is 1. The third-order valence-corrected chi connectivity index (χ3v) is 4.99. The molecule has 1 aromatic rings. The van der Waals surface area contributed by atoms with E-state index in [0.29, 0.717) is 0 Å². The molecule has 0 aromatic heterocycles. The molecule has 2 rings (SSSR count). The number of halogens is 1. The lowest BCUT2D eigenvalue weighted by Gasteiger charge is -2.16. The number of nitriles is 1. The van der Waals surface area contributed by atoms with Gasteiger partial charge in [-0.15, -0.1) is 0 Å². The third kappa shape index (κ3) is 3.25. The Morgan fingerprint density at radius 3 is 2.68 bits per heavy atom. The number of benzene rings is 1. The van der Waals surface area contributed by atoms with Crippen LogP contribution < -0.4 is 10.0 Å². The van der Waals surface area contributed by atoms with Crippen molar-refractivity contribution in [2.75, 3.05) is 10.7 Å². The average Bonchev–Trinajstić information content (AvgIpc) is 2.70. The van der Waals surface area contributed by atoms with Crippen molar-refractivity contribution in [3.8, 4) is 5.40 Å². The molecule has 0 saturated carbocycles. The van der Waals surface area contributed by atoms with Gasteiger partial charge in [0, 0.05) is 12.2 Å². The minimum absolute atomic E-state index is 0.0131. The maximum absolute atomic E-state index is 12.2. The van der Waals surface area contributed by atoms with Crippen molar-refractivity contribution in [1.29, 1.82) is 5.26 Å². The molecule has 1 heterocycles. The normalized spacial score (nSPS) is 18.6. The second kappa shape index (κ2) is 6.26. The van der Waals surface area contributed by atoms with E-state index < -0.39 is 27.8 Å². The van der Waals surface area contributed by atoms with Crippen LogP contribution in [-0.4, -0.2) is 26.0 Å². The molecule has 22 heavy (non-hydrogen) atoms. The van der Waals surface area contributed by atoms with Gasteiger partial charge in [-0.1, -0.05) is 11.6 Å². The molecule has 116 valence electrons. The summed E-state index contributed by atoms with van der Waals surface area (Å²) in [4.78, 5) is 24.9. The average molecular weight is 360 g/mol. The first-order valence-corrected chi connectivity index (χ1v) is 8.86. The molecule has 1 unspecified atom stereocenters. The number of imide groups is 1. The van der Waals surface area contributed by atoms with E-state index >= 15 is 0 Å². The van der Waals surface area contributed by atoms with E-state index in [0.717, 1.165) is 22.7 Å². The molecule has 0 aliphatic carbocycles. The highest BCUT2D eigenvalue weighted by atomic mass is 35.5. The van der Waals surface area contributed by atoms with E-state index in [1.807, 2.05) is 5.40 Å². The number of hydrogen-bond donors (Lipinski definition) is 1. The Morgan fingerprint density at radius 1 is 1.45 bits per heavy atom. The van der Waals surface area contributed by atoms with E-state index in [9.17, 15) is 18.0 Å². The van der Waals surface area contributed by atoms with Crippen molar-refractivity contribution in [2.45, 2.75) is 11.3 Å². The number of carbonyl (C=O) groups excluding carboxylic acids is 2. The van der Waals surface area contributed by atoms with E-state index in [1.165, 1.54) is 12.1 Å². The summed E-state index contributed by atoms with van der Waals surface area (Å²) in [6.07, 6.45) is -0.0131. The summed E-state index contributed by atoms with van der Waals surface area (Å²) in [7, 11) is -3.93. The van der Waals surface area contributed by atoms with Gasteiger partial charge in [0.15, 0.2) is 0 Å². The number of nitrogens with two attached hydrogens (primary N) is 1. The second-order valence-electron chi connectivity index (χ2n) is 4.53. The van der Waals surface area contributed by atoms with Crippen LogP contribution >= 0.6 is 23.4 Å². The molecule has 0 bridgehead atoms. The van der Waals surface area contributed by atoms with Gasteiger partial charge in [0.05, 0.1) is 21.5 Å². The number of anilines is 1. The van der Waals surface area contributed by atoms with Gasteiger partial charge >= 0.3 is 0 Å². The van der Waals surface area contributed by atoms with Crippen LogP contribution in [-0.2, 0) is 19.6 Å². The number of rotatable bonds is 4. The zero-order valence-electron chi connectivity index (χ0n) is 11.0. The molecule has 1 saturated heterocycles. The topological polar surface area (TPSA) is 121 Å². The first-order chi connectivity index (χ1) is 10.3. The highest BCUT2D eigenvalue weighted by Gasteiger charge is 2.40. The number of nitrogens with zero attached hydrogens (tertiary/aromatic N) is 2. The molecule has 1 aromatic carbocycles. The lowest BCUT2D eigenvalue weighted by atomic mass is 10.1. The zero-order valence-corrected chi connectivity index (χ0v) is 13.4. The maximum atomic E-state index is 12.2. The summed E-state index contributed by atoms with van der Waals surface area (Å²) in [6.45, 7) is 0. The van der Waals surface area contributed by atoms with Gasteiger partial charge in [-0.25, -0.2) is 18.5 Å². The first-order valence-electron chi connectivity index (χ1n) is 5.95. The summed E-state index contributed by atoms with van der Waals surface area (Å²) < 4.78 is 22.5. The van der Waals surface area contributed by atoms with Crippen LogP contribution in [0.1, 0.15) is 6.42 Å². The van der Waals surface area contributed by atoms with Crippen LogP contribution in [0.5, 0.6) is 0 Å². The van der Waals surface area contributed by atoms with Crippen molar-refractivity contribution in [3.05, 3.63) is 23.2 Å². The van der Waals surface area contributed by atoms with Gasteiger partial charge in [-0.2, -0.15) is 5.26 Å². The second-order valence-corrected chi connectivity index (χ2v) is 7.30. The number of amides is 2. The van der Waals surface area contributed by atoms with Gasteiger partial charge < -0.3 is 0 Å². The van der Waals surface area contributed by atoms with Crippen LogP contribution in [0.3, 0.4) is 0 Å². The van der Waals surface area contributed by atoms with Crippen molar-refractivity contribution >= 4 is 50.9 Å². The molecule has 1 fully saturated rings. The summed E-state index contributed by atoms with van der Waals surface area (Å²) in [5.41, 5.74) is 0.105. The van der Waals surface area contributed by atoms with Crippen molar-refractivity contribution < 1.29 is 18.0 Å². The van der Waals surface area contributed by atoms with Gasteiger partial charge in [0.1, 0.15) is 5.40 Å². The van der Waals surface area contributed by atoms with Gasteiger partial charge in [-0.05, 0) is 30.0 Å². The molecule has 7 nitrogen and oxygen atoms in total. The Labute approximate surface area is 136 Å². The molecule has 1 atom stereocenters. The predicted molar refractivity (Wildman–Crippen MR) is 81.5 cm³/mol. The lowest BCUT2D eigenvalue weighted by molar-refractivity contribution is -0.122. The molecule has 2 N–H and O–H groups in total. The standard InChI is InChI=1S/C12H10ClN3O4S2/c13-9-4-8(22(15,19)20)1-2-10(9)16-11(17)3-7(12(16)18)5-21-6-14/h1-2,4,7H,3,5H2,(H2,15,19,20). The van der Waals surface area contributed by atoms with Crippen LogP contribution in [0.25, 0.3) is 0 Å². The van der Waals surface area contributed by atoms with Crippen molar-refractivity contribution in [1.82, 2.24) is 0 Å².